The van der Waals surface area contributed by atoms with Gasteiger partial charge in [0.1, 0.15) is 0 Å². The molecule has 0 heterocycles. The van der Waals surface area contributed by atoms with E-state index < -0.39 is 6.04 Å². The molecule has 0 aromatic rings. The lowest BCUT2D eigenvalue weighted by Crippen LogP contribution is -2.42. The normalized spacial score (nSPS) is 12.3. The molecule has 0 aliphatic rings. The van der Waals surface area contributed by atoms with Crippen LogP contribution in [0.2, 0.25) is 0 Å². The number of carbonyl (C=O) groups is 2. The topological polar surface area (TPSA) is 93.5 Å². The van der Waals surface area contributed by atoms with Crippen LogP contribution >= 0.6 is 0 Å². The zero-order valence-electron chi connectivity index (χ0n) is 11.5. The summed E-state index contributed by atoms with van der Waals surface area (Å²) in [5.41, 5.74) is 5.70. The molecule has 2 amide bonds. The second kappa shape index (κ2) is 9.85. The van der Waals surface area contributed by atoms with Gasteiger partial charge in [0.05, 0.1) is 12.6 Å². The SMILES string of the molecule is COCCNC(=O)CCNC(=O)[C@@H](N)CC(C)C. The van der Waals surface area contributed by atoms with Crippen molar-refractivity contribution in [2.45, 2.75) is 32.7 Å². The number of carbonyl (C=O) groups excluding carboxylic acids is 2. The Balaban J connectivity index is 3.64. The second-order valence-corrected chi connectivity index (χ2v) is 4.62. The fraction of sp³-hybridized carbons (Fsp3) is 0.833. The first-order valence-corrected chi connectivity index (χ1v) is 6.26. The zero-order valence-corrected chi connectivity index (χ0v) is 11.5. The van der Waals surface area contributed by atoms with Crippen LogP contribution in [0.3, 0.4) is 0 Å². The molecule has 0 aliphatic heterocycles. The summed E-state index contributed by atoms with van der Waals surface area (Å²) < 4.78 is 4.80. The lowest BCUT2D eigenvalue weighted by Gasteiger charge is -2.14. The van der Waals surface area contributed by atoms with Crippen molar-refractivity contribution in [3.63, 3.8) is 0 Å². The molecule has 0 saturated heterocycles. The fourth-order valence-electron chi connectivity index (χ4n) is 1.43. The molecule has 4 N–H and O–H groups in total. The minimum Gasteiger partial charge on any atom is -0.383 e. The summed E-state index contributed by atoms with van der Waals surface area (Å²) in [6, 6.07) is -0.499. The molecule has 0 spiro atoms. The summed E-state index contributed by atoms with van der Waals surface area (Å²) in [5, 5.41) is 5.33. The van der Waals surface area contributed by atoms with Crippen LogP contribution < -0.4 is 16.4 Å². The van der Waals surface area contributed by atoms with E-state index in [4.69, 9.17) is 10.5 Å². The second-order valence-electron chi connectivity index (χ2n) is 4.62. The molecule has 0 aromatic heterocycles. The van der Waals surface area contributed by atoms with E-state index in [0.29, 0.717) is 32.0 Å². The number of hydrogen-bond donors (Lipinski definition) is 3. The van der Waals surface area contributed by atoms with Crippen LogP contribution in [-0.4, -0.2) is 44.7 Å². The molecule has 0 fully saturated rings. The molecule has 0 aromatic carbocycles. The van der Waals surface area contributed by atoms with Crippen molar-refractivity contribution in [3.05, 3.63) is 0 Å². The summed E-state index contributed by atoms with van der Waals surface area (Å²) >= 11 is 0. The highest BCUT2D eigenvalue weighted by Gasteiger charge is 2.14. The van der Waals surface area contributed by atoms with E-state index in [0.717, 1.165) is 0 Å². The van der Waals surface area contributed by atoms with Crippen LogP contribution in [-0.2, 0) is 14.3 Å². The Morgan fingerprint density at radius 2 is 1.89 bits per heavy atom. The minimum absolute atomic E-state index is 0.107. The Hall–Kier alpha value is -1.14. The maximum absolute atomic E-state index is 11.5. The number of ether oxygens (including phenoxy) is 1. The third-order valence-electron chi connectivity index (χ3n) is 2.34. The molecule has 6 heteroatoms. The molecule has 1 atom stereocenters. The highest BCUT2D eigenvalue weighted by Crippen LogP contribution is 2.02. The van der Waals surface area contributed by atoms with Gasteiger partial charge in [-0.1, -0.05) is 13.8 Å². The van der Waals surface area contributed by atoms with Gasteiger partial charge in [-0.15, -0.1) is 0 Å². The number of methoxy groups -OCH3 is 1. The van der Waals surface area contributed by atoms with Gasteiger partial charge in [-0.05, 0) is 12.3 Å². The van der Waals surface area contributed by atoms with Crippen LogP contribution in [0.25, 0.3) is 0 Å². The Bertz CT molecular complexity index is 257. The number of nitrogens with two attached hydrogens (primary N) is 1. The van der Waals surface area contributed by atoms with Gasteiger partial charge in [-0.2, -0.15) is 0 Å². The van der Waals surface area contributed by atoms with Gasteiger partial charge < -0.3 is 21.1 Å². The highest BCUT2D eigenvalue weighted by molar-refractivity contribution is 5.82. The van der Waals surface area contributed by atoms with Gasteiger partial charge in [-0.3, -0.25) is 9.59 Å². The summed E-state index contributed by atoms with van der Waals surface area (Å²) in [7, 11) is 1.57. The average Bonchev–Trinajstić information content (AvgIpc) is 2.28. The lowest BCUT2D eigenvalue weighted by atomic mass is 10.0. The summed E-state index contributed by atoms with van der Waals surface area (Å²) in [6.45, 7) is 5.30. The summed E-state index contributed by atoms with van der Waals surface area (Å²) in [6.07, 6.45) is 0.899. The molecule has 0 rings (SSSR count). The largest absolute Gasteiger partial charge is 0.383 e. The summed E-state index contributed by atoms with van der Waals surface area (Å²) in [5.74, 6) is 0.0706. The fourth-order valence-corrected chi connectivity index (χ4v) is 1.43. The maximum Gasteiger partial charge on any atom is 0.236 e. The monoisotopic (exact) mass is 259 g/mol. The van der Waals surface area contributed by atoms with Crippen molar-refractivity contribution in [1.29, 1.82) is 0 Å². The van der Waals surface area contributed by atoms with E-state index >= 15 is 0 Å². The smallest absolute Gasteiger partial charge is 0.236 e. The van der Waals surface area contributed by atoms with Crippen molar-refractivity contribution in [2.24, 2.45) is 11.7 Å². The number of rotatable bonds is 9. The molecule has 0 aliphatic carbocycles. The Kier molecular flexibility index (Phi) is 9.22. The van der Waals surface area contributed by atoms with Crippen molar-refractivity contribution in [2.75, 3.05) is 26.8 Å². The highest BCUT2D eigenvalue weighted by atomic mass is 16.5. The Morgan fingerprint density at radius 3 is 2.44 bits per heavy atom. The van der Waals surface area contributed by atoms with E-state index in [-0.39, 0.29) is 18.2 Å². The lowest BCUT2D eigenvalue weighted by molar-refractivity contribution is -0.123. The molecule has 0 saturated carbocycles. The van der Waals surface area contributed by atoms with Crippen molar-refractivity contribution in [3.8, 4) is 0 Å². The molecule has 0 unspecified atom stereocenters. The van der Waals surface area contributed by atoms with Crippen LogP contribution in [0.5, 0.6) is 0 Å². The maximum atomic E-state index is 11.5. The molecular weight excluding hydrogens is 234 g/mol. The average molecular weight is 259 g/mol. The first kappa shape index (κ1) is 16.9. The predicted molar refractivity (Wildman–Crippen MR) is 69.9 cm³/mol. The predicted octanol–water partition coefficient (Wildman–Crippen LogP) is -0.371. The first-order chi connectivity index (χ1) is 8.47. The van der Waals surface area contributed by atoms with Crippen molar-refractivity contribution in [1.82, 2.24) is 10.6 Å². The molecule has 18 heavy (non-hydrogen) atoms. The van der Waals surface area contributed by atoms with Crippen LogP contribution in [0.1, 0.15) is 26.7 Å². The first-order valence-electron chi connectivity index (χ1n) is 6.26. The van der Waals surface area contributed by atoms with Gasteiger partial charge >= 0.3 is 0 Å². The van der Waals surface area contributed by atoms with Crippen molar-refractivity contribution >= 4 is 11.8 Å². The van der Waals surface area contributed by atoms with Crippen LogP contribution in [0.15, 0.2) is 0 Å². The number of nitrogens with one attached hydrogen (secondary N) is 2. The Labute approximate surface area is 109 Å². The standard InChI is InChI=1S/C12H25N3O3/c1-9(2)8-10(13)12(17)15-5-4-11(16)14-6-7-18-3/h9-10H,4-8,13H2,1-3H3,(H,14,16)(H,15,17)/t10-/m0/s1. The van der Waals surface area contributed by atoms with E-state index in [9.17, 15) is 9.59 Å². The quantitative estimate of drug-likeness (QED) is 0.492. The third-order valence-corrected chi connectivity index (χ3v) is 2.34. The van der Waals surface area contributed by atoms with Crippen LogP contribution in [0, 0.1) is 5.92 Å². The number of amides is 2. The molecule has 106 valence electrons. The van der Waals surface area contributed by atoms with Gasteiger partial charge in [0.25, 0.3) is 0 Å². The van der Waals surface area contributed by atoms with Crippen LogP contribution in [0.4, 0.5) is 0 Å². The Morgan fingerprint density at radius 1 is 1.22 bits per heavy atom. The molecule has 0 radical (unpaired) electrons. The van der Waals surface area contributed by atoms with Gasteiger partial charge in [-0.25, -0.2) is 0 Å². The van der Waals surface area contributed by atoms with E-state index in [1.807, 2.05) is 13.8 Å². The van der Waals surface area contributed by atoms with E-state index in [1.54, 1.807) is 7.11 Å². The zero-order chi connectivity index (χ0) is 14.0. The van der Waals surface area contributed by atoms with Crippen molar-refractivity contribution < 1.29 is 14.3 Å². The van der Waals surface area contributed by atoms with Gasteiger partial charge in [0.15, 0.2) is 0 Å². The minimum atomic E-state index is -0.499. The summed E-state index contributed by atoms with van der Waals surface area (Å²) in [4.78, 5) is 22.8. The third kappa shape index (κ3) is 8.95. The molecule has 6 nitrogen and oxygen atoms in total. The van der Waals surface area contributed by atoms with E-state index in [2.05, 4.69) is 10.6 Å². The molecule has 0 bridgehead atoms. The van der Waals surface area contributed by atoms with Gasteiger partial charge in [0.2, 0.25) is 11.8 Å². The van der Waals surface area contributed by atoms with Gasteiger partial charge in [0, 0.05) is 26.6 Å². The van der Waals surface area contributed by atoms with E-state index in [1.165, 1.54) is 0 Å². The molecular formula is C12H25N3O3. The number of hydrogen-bond acceptors (Lipinski definition) is 4.